The van der Waals surface area contributed by atoms with E-state index >= 15 is 0 Å². The van der Waals surface area contributed by atoms with Gasteiger partial charge >= 0.3 is 12.1 Å². The zero-order valence-electron chi connectivity index (χ0n) is 15.2. The Morgan fingerprint density at radius 2 is 1.71 bits per heavy atom. The van der Waals surface area contributed by atoms with Crippen LogP contribution in [-0.4, -0.2) is 30.3 Å². The van der Waals surface area contributed by atoms with Crippen molar-refractivity contribution >= 4 is 17.7 Å². The minimum absolute atomic E-state index is 0.149. The summed E-state index contributed by atoms with van der Waals surface area (Å²) in [4.78, 5) is 11.2. The number of carboxylic acids is 1. The number of nitrogens with one attached hydrogen (secondary N) is 1. The minimum atomic E-state index is -5.08. The van der Waals surface area contributed by atoms with Crippen LogP contribution < -0.4 is 5.32 Å². The molecule has 0 aliphatic carbocycles. The Labute approximate surface area is 165 Å². The Morgan fingerprint density at radius 1 is 1.11 bits per heavy atom. The van der Waals surface area contributed by atoms with Crippen LogP contribution >= 0.6 is 11.8 Å². The second-order valence-corrected chi connectivity index (χ2v) is 7.46. The number of carbonyl (C=O) groups is 1. The van der Waals surface area contributed by atoms with Gasteiger partial charge in [0.25, 0.3) is 0 Å². The third-order valence-corrected chi connectivity index (χ3v) is 5.56. The molecule has 0 spiro atoms. The molecule has 0 radical (unpaired) electrons. The number of rotatable bonds is 3. The maximum Gasteiger partial charge on any atom is 0.490 e. The van der Waals surface area contributed by atoms with Crippen LogP contribution in [0.15, 0.2) is 52.3 Å². The van der Waals surface area contributed by atoms with Crippen LogP contribution in [0, 0.1) is 12.7 Å². The summed E-state index contributed by atoms with van der Waals surface area (Å²) in [6, 6.07) is 13.6. The van der Waals surface area contributed by atoms with Crippen molar-refractivity contribution in [2.75, 3.05) is 13.1 Å². The van der Waals surface area contributed by atoms with Crippen LogP contribution in [0.5, 0.6) is 0 Å². The SMILES string of the molecule is Cc1ccccc1Sc1cc(F)ccc1C1CCNCC1.O=C(O)C(F)(F)F. The monoisotopic (exact) mass is 415 g/mol. The van der Waals surface area contributed by atoms with Gasteiger partial charge in [-0.25, -0.2) is 9.18 Å². The van der Waals surface area contributed by atoms with Gasteiger partial charge < -0.3 is 10.4 Å². The summed E-state index contributed by atoms with van der Waals surface area (Å²) >= 11 is 1.69. The highest BCUT2D eigenvalue weighted by Crippen LogP contribution is 2.38. The summed E-state index contributed by atoms with van der Waals surface area (Å²) in [5.74, 6) is -2.37. The molecule has 1 aliphatic heterocycles. The Balaban J connectivity index is 0.000000345. The molecule has 0 unspecified atom stereocenters. The second-order valence-electron chi connectivity index (χ2n) is 6.38. The third-order valence-electron chi connectivity index (χ3n) is 4.31. The predicted octanol–water partition coefficient (Wildman–Crippen LogP) is 5.39. The second kappa shape index (κ2) is 9.93. The number of hydrogen-bond acceptors (Lipinski definition) is 3. The number of hydrogen-bond donors (Lipinski definition) is 2. The highest BCUT2D eigenvalue weighted by Gasteiger charge is 2.38. The molecule has 1 fully saturated rings. The van der Waals surface area contributed by atoms with E-state index in [0.717, 1.165) is 30.8 Å². The Bertz CT molecular complexity index is 805. The fourth-order valence-electron chi connectivity index (χ4n) is 2.86. The van der Waals surface area contributed by atoms with E-state index < -0.39 is 12.1 Å². The Hall–Kier alpha value is -2.06. The molecular weight excluding hydrogens is 394 g/mol. The summed E-state index contributed by atoms with van der Waals surface area (Å²) in [5.41, 5.74) is 2.54. The lowest BCUT2D eigenvalue weighted by molar-refractivity contribution is -0.192. The number of alkyl halides is 3. The number of benzene rings is 2. The highest BCUT2D eigenvalue weighted by molar-refractivity contribution is 7.99. The van der Waals surface area contributed by atoms with Crippen LogP contribution in [0.25, 0.3) is 0 Å². The first-order chi connectivity index (χ1) is 13.2. The van der Waals surface area contributed by atoms with E-state index in [1.807, 2.05) is 18.2 Å². The van der Waals surface area contributed by atoms with Gasteiger partial charge in [-0.3, -0.25) is 0 Å². The fraction of sp³-hybridized carbons (Fsp3) is 0.350. The number of carboxylic acid groups (broad SMARTS) is 1. The first-order valence-electron chi connectivity index (χ1n) is 8.72. The van der Waals surface area contributed by atoms with E-state index in [4.69, 9.17) is 9.90 Å². The molecule has 1 heterocycles. The maximum absolute atomic E-state index is 13.7. The van der Waals surface area contributed by atoms with Crippen molar-refractivity contribution in [2.24, 2.45) is 0 Å². The van der Waals surface area contributed by atoms with E-state index in [0.29, 0.717) is 5.92 Å². The molecule has 0 saturated carbocycles. The molecule has 2 N–H and O–H groups in total. The quantitative estimate of drug-likeness (QED) is 0.661. The molecule has 0 aromatic heterocycles. The molecular formula is C20H21F4NO2S. The molecule has 2 aromatic rings. The minimum Gasteiger partial charge on any atom is -0.475 e. The molecule has 3 rings (SSSR count). The molecule has 8 heteroatoms. The third kappa shape index (κ3) is 6.53. The van der Waals surface area contributed by atoms with Gasteiger partial charge in [0.15, 0.2) is 0 Å². The van der Waals surface area contributed by atoms with Crippen molar-refractivity contribution < 1.29 is 27.5 Å². The first-order valence-corrected chi connectivity index (χ1v) is 9.54. The largest absolute Gasteiger partial charge is 0.490 e. The van der Waals surface area contributed by atoms with Gasteiger partial charge in [0.1, 0.15) is 5.82 Å². The van der Waals surface area contributed by atoms with Crippen molar-refractivity contribution in [3.05, 3.63) is 59.4 Å². The summed E-state index contributed by atoms with van der Waals surface area (Å²) in [6.45, 7) is 4.21. The van der Waals surface area contributed by atoms with Gasteiger partial charge in [-0.2, -0.15) is 13.2 Å². The zero-order valence-corrected chi connectivity index (χ0v) is 16.0. The lowest BCUT2D eigenvalue weighted by Crippen LogP contribution is -2.26. The van der Waals surface area contributed by atoms with Gasteiger partial charge in [0, 0.05) is 9.79 Å². The molecule has 1 saturated heterocycles. The normalized spacial score (nSPS) is 14.9. The van der Waals surface area contributed by atoms with E-state index in [2.05, 4.69) is 24.4 Å². The number of aliphatic carboxylic acids is 1. The van der Waals surface area contributed by atoms with Crippen LogP contribution in [0.4, 0.5) is 17.6 Å². The predicted molar refractivity (Wildman–Crippen MR) is 100 cm³/mol. The first kappa shape index (κ1) is 22.2. The van der Waals surface area contributed by atoms with E-state index in [1.54, 1.807) is 23.9 Å². The lowest BCUT2D eigenvalue weighted by atomic mass is 9.90. The van der Waals surface area contributed by atoms with Gasteiger partial charge in [0.05, 0.1) is 0 Å². The molecule has 28 heavy (non-hydrogen) atoms. The molecule has 3 nitrogen and oxygen atoms in total. The van der Waals surface area contributed by atoms with Crippen molar-refractivity contribution in [2.45, 2.75) is 41.7 Å². The summed E-state index contributed by atoms with van der Waals surface area (Å²) in [7, 11) is 0. The van der Waals surface area contributed by atoms with Crippen LogP contribution in [0.1, 0.15) is 29.9 Å². The topological polar surface area (TPSA) is 49.3 Å². The van der Waals surface area contributed by atoms with E-state index in [-0.39, 0.29) is 5.82 Å². The van der Waals surface area contributed by atoms with E-state index in [1.165, 1.54) is 16.0 Å². The molecule has 152 valence electrons. The van der Waals surface area contributed by atoms with Gasteiger partial charge in [-0.05, 0) is 68.1 Å². The molecule has 2 aromatic carbocycles. The molecule has 0 atom stereocenters. The Kier molecular flexibility index (Phi) is 7.88. The average molecular weight is 415 g/mol. The average Bonchev–Trinajstić information content (AvgIpc) is 2.64. The van der Waals surface area contributed by atoms with Gasteiger partial charge in [0.2, 0.25) is 0 Å². The van der Waals surface area contributed by atoms with Crippen molar-refractivity contribution in [1.82, 2.24) is 5.32 Å². The highest BCUT2D eigenvalue weighted by atomic mass is 32.2. The van der Waals surface area contributed by atoms with Crippen molar-refractivity contribution in [1.29, 1.82) is 0 Å². The summed E-state index contributed by atoms with van der Waals surface area (Å²) < 4.78 is 45.4. The van der Waals surface area contributed by atoms with Gasteiger partial charge in [-0.15, -0.1) is 0 Å². The molecule has 0 bridgehead atoms. The van der Waals surface area contributed by atoms with Crippen molar-refractivity contribution in [3.8, 4) is 0 Å². The summed E-state index contributed by atoms with van der Waals surface area (Å²) in [5, 5.41) is 10.5. The van der Waals surface area contributed by atoms with Gasteiger partial charge in [-0.1, -0.05) is 36.0 Å². The number of aryl methyl sites for hydroxylation is 1. The van der Waals surface area contributed by atoms with Crippen molar-refractivity contribution in [3.63, 3.8) is 0 Å². The smallest absolute Gasteiger partial charge is 0.475 e. The summed E-state index contributed by atoms with van der Waals surface area (Å²) in [6.07, 6.45) is -2.82. The zero-order chi connectivity index (χ0) is 20.7. The lowest BCUT2D eigenvalue weighted by Gasteiger charge is -2.25. The number of piperidine rings is 1. The number of halogens is 4. The standard InChI is InChI=1S/C18H20FNS.C2HF3O2/c1-13-4-2-3-5-17(13)21-18-12-15(19)6-7-16(18)14-8-10-20-11-9-14;3-2(4,5)1(6)7/h2-7,12,14,20H,8-11H2,1H3;(H,6,7). The molecule has 0 amide bonds. The van der Waals surface area contributed by atoms with Crippen LogP contribution in [0.2, 0.25) is 0 Å². The Morgan fingerprint density at radius 3 is 2.29 bits per heavy atom. The van der Waals surface area contributed by atoms with E-state index in [9.17, 15) is 17.6 Å². The van der Waals surface area contributed by atoms with Crippen LogP contribution in [-0.2, 0) is 4.79 Å². The molecule has 1 aliphatic rings. The van der Waals surface area contributed by atoms with Crippen LogP contribution in [0.3, 0.4) is 0 Å². The maximum atomic E-state index is 13.7. The fourth-order valence-corrected chi connectivity index (χ4v) is 3.99.